The first-order valence-corrected chi connectivity index (χ1v) is 6.67. The maximum absolute atomic E-state index is 13.7. The molecule has 0 radical (unpaired) electrons. The molecule has 0 atom stereocenters. The number of halogens is 3. The minimum absolute atomic E-state index is 0.320. The number of hydrogen-bond acceptors (Lipinski definition) is 3. The van der Waals surface area contributed by atoms with E-state index in [1.54, 1.807) is 4.68 Å². The van der Waals surface area contributed by atoms with Crippen molar-refractivity contribution in [2.45, 2.75) is 19.4 Å². The number of aromatic nitrogens is 2. The molecule has 116 valence electrons. The van der Waals surface area contributed by atoms with E-state index >= 15 is 0 Å². The van der Waals surface area contributed by atoms with E-state index in [0.717, 1.165) is 12.8 Å². The van der Waals surface area contributed by atoms with Gasteiger partial charge in [0.05, 0.1) is 11.8 Å². The summed E-state index contributed by atoms with van der Waals surface area (Å²) in [5.74, 6) is -6.44. The van der Waals surface area contributed by atoms with Crippen LogP contribution in [0, 0.1) is 23.4 Å². The molecule has 0 bridgehead atoms. The van der Waals surface area contributed by atoms with Crippen LogP contribution in [0.1, 0.15) is 23.2 Å². The van der Waals surface area contributed by atoms with E-state index < -0.39 is 34.7 Å². The monoisotopic (exact) mass is 311 g/mol. The SMILES string of the molecule is O=C(Nc1ccnn1CC1CC1)c1cc(F)c(F)c(O)c1F. The molecule has 2 aromatic rings. The summed E-state index contributed by atoms with van der Waals surface area (Å²) in [4.78, 5) is 12.0. The van der Waals surface area contributed by atoms with E-state index in [4.69, 9.17) is 5.11 Å². The molecule has 0 aliphatic heterocycles. The Labute approximate surface area is 123 Å². The number of hydrogen-bond donors (Lipinski definition) is 2. The summed E-state index contributed by atoms with van der Waals surface area (Å²) < 4.78 is 41.5. The van der Waals surface area contributed by atoms with E-state index in [0.29, 0.717) is 24.3 Å². The van der Waals surface area contributed by atoms with Gasteiger partial charge in [-0.05, 0) is 24.8 Å². The van der Waals surface area contributed by atoms with Crippen LogP contribution in [0.5, 0.6) is 5.75 Å². The average molecular weight is 311 g/mol. The molecule has 1 aromatic carbocycles. The smallest absolute Gasteiger partial charge is 0.260 e. The van der Waals surface area contributed by atoms with Crippen molar-refractivity contribution in [3.63, 3.8) is 0 Å². The van der Waals surface area contributed by atoms with E-state index in [-0.39, 0.29) is 0 Å². The Hall–Kier alpha value is -2.51. The fourth-order valence-electron chi connectivity index (χ4n) is 2.07. The zero-order chi connectivity index (χ0) is 15.9. The molecule has 3 rings (SSSR count). The van der Waals surface area contributed by atoms with Gasteiger partial charge in [0.1, 0.15) is 5.82 Å². The van der Waals surface area contributed by atoms with E-state index in [1.165, 1.54) is 12.3 Å². The lowest BCUT2D eigenvalue weighted by atomic mass is 10.1. The zero-order valence-corrected chi connectivity index (χ0v) is 11.3. The molecule has 8 heteroatoms. The van der Waals surface area contributed by atoms with Crippen LogP contribution in [0.4, 0.5) is 19.0 Å². The van der Waals surface area contributed by atoms with Gasteiger partial charge < -0.3 is 10.4 Å². The second-order valence-electron chi connectivity index (χ2n) is 5.18. The number of benzene rings is 1. The quantitative estimate of drug-likeness (QED) is 0.853. The van der Waals surface area contributed by atoms with Crippen molar-refractivity contribution in [2.24, 2.45) is 5.92 Å². The van der Waals surface area contributed by atoms with Crippen molar-refractivity contribution < 1.29 is 23.1 Å². The number of aromatic hydroxyl groups is 1. The molecular weight excluding hydrogens is 299 g/mol. The highest BCUT2D eigenvalue weighted by atomic mass is 19.2. The van der Waals surface area contributed by atoms with Crippen LogP contribution >= 0.6 is 0 Å². The number of carbonyl (C=O) groups excluding carboxylic acids is 1. The minimum atomic E-state index is -1.73. The molecule has 1 aliphatic rings. The van der Waals surface area contributed by atoms with E-state index in [9.17, 15) is 18.0 Å². The topological polar surface area (TPSA) is 67.2 Å². The standard InChI is InChI=1S/C14H12F3N3O2/c15-9-5-8(11(16)13(21)12(9)17)14(22)19-10-3-4-18-20(10)6-7-1-2-7/h3-5,7,21H,1-2,6H2,(H,19,22). The number of phenols is 1. The maximum atomic E-state index is 13.7. The summed E-state index contributed by atoms with van der Waals surface area (Å²) >= 11 is 0. The predicted molar refractivity (Wildman–Crippen MR) is 70.9 cm³/mol. The van der Waals surface area contributed by atoms with Crippen molar-refractivity contribution in [3.05, 3.63) is 41.3 Å². The molecule has 1 heterocycles. The largest absolute Gasteiger partial charge is 0.503 e. The fraction of sp³-hybridized carbons (Fsp3) is 0.286. The van der Waals surface area contributed by atoms with Crippen LogP contribution in [-0.4, -0.2) is 20.8 Å². The molecular formula is C14H12F3N3O2. The Bertz CT molecular complexity index is 741. The molecule has 22 heavy (non-hydrogen) atoms. The highest BCUT2D eigenvalue weighted by Crippen LogP contribution is 2.31. The van der Waals surface area contributed by atoms with Crippen LogP contribution in [-0.2, 0) is 6.54 Å². The Morgan fingerprint density at radius 3 is 2.77 bits per heavy atom. The third kappa shape index (κ3) is 2.63. The molecule has 0 unspecified atom stereocenters. The molecule has 1 fully saturated rings. The van der Waals surface area contributed by atoms with Crippen LogP contribution < -0.4 is 5.32 Å². The van der Waals surface area contributed by atoms with Crippen molar-refractivity contribution in [3.8, 4) is 5.75 Å². The summed E-state index contributed by atoms with van der Waals surface area (Å²) in [6.07, 6.45) is 3.63. The lowest BCUT2D eigenvalue weighted by Gasteiger charge is -2.10. The second-order valence-corrected chi connectivity index (χ2v) is 5.18. The number of carbonyl (C=O) groups is 1. The first-order valence-electron chi connectivity index (χ1n) is 6.67. The summed E-state index contributed by atoms with van der Waals surface area (Å²) in [6.45, 7) is 0.619. The molecule has 1 saturated carbocycles. The summed E-state index contributed by atoms with van der Waals surface area (Å²) in [6, 6.07) is 1.92. The Morgan fingerprint density at radius 2 is 2.09 bits per heavy atom. The number of nitrogens with zero attached hydrogens (tertiary/aromatic N) is 2. The minimum Gasteiger partial charge on any atom is -0.503 e. The normalized spacial score (nSPS) is 14.1. The van der Waals surface area contributed by atoms with Gasteiger partial charge in [-0.3, -0.25) is 4.79 Å². The van der Waals surface area contributed by atoms with Crippen LogP contribution in [0.3, 0.4) is 0 Å². The van der Waals surface area contributed by atoms with Crippen molar-refractivity contribution in [2.75, 3.05) is 5.32 Å². The summed E-state index contributed by atoms with van der Waals surface area (Å²) in [5, 5.41) is 15.6. The van der Waals surface area contributed by atoms with E-state index in [2.05, 4.69) is 10.4 Å². The molecule has 0 saturated heterocycles. The van der Waals surface area contributed by atoms with Gasteiger partial charge in [0.2, 0.25) is 5.82 Å². The van der Waals surface area contributed by atoms with Crippen molar-refractivity contribution in [1.82, 2.24) is 9.78 Å². The van der Waals surface area contributed by atoms with Crippen LogP contribution in [0.15, 0.2) is 18.3 Å². The van der Waals surface area contributed by atoms with Crippen molar-refractivity contribution in [1.29, 1.82) is 0 Å². The van der Waals surface area contributed by atoms with Gasteiger partial charge >= 0.3 is 0 Å². The van der Waals surface area contributed by atoms with Gasteiger partial charge in [-0.15, -0.1) is 0 Å². The molecule has 1 aliphatic carbocycles. The van der Waals surface area contributed by atoms with Gasteiger partial charge in [-0.2, -0.15) is 9.49 Å². The number of amides is 1. The summed E-state index contributed by atoms with van der Waals surface area (Å²) in [7, 11) is 0. The average Bonchev–Trinajstić information content (AvgIpc) is 3.20. The lowest BCUT2D eigenvalue weighted by Crippen LogP contribution is -2.18. The number of phenolic OH excluding ortho intramolecular Hbond substituents is 1. The van der Waals surface area contributed by atoms with Gasteiger partial charge in [0.25, 0.3) is 5.91 Å². The molecule has 1 amide bonds. The second kappa shape index (κ2) is 5.36. The van der Waals surface area contributed by atoms with Gasteiger partial charge in [0.15, 0.2) is 17.4 Å². The summed E-state index contributed by atoms with van der Waals surface area (Å²) in [5.41, 5.74) is -0.782. The highest BCUT2D eigenvalue weighted by molar-refractivity contribution is 6.04. The first kappa shape index (κ1) is 14.4. The number of rotatable bonds is 4. The Balaban J connectivity index is 1.84. The van der Waals surface area contributed by atoms with E-state index in [1.807, 2.05) is 0 Å². The third-order valence-corrected chi connectivity index (χ3v) is 3.46. The maximum Gasteiger partial charge on any atom is 0.260 e. The highest BCUT2D eigenvalue weighted by Gasteiger charge is 2.25. The molecule has 2 N–H and O–H groups in total. The number of nitrogens with one attached hydrogen (secondary N) is 1. The fourth-order valence-corrected chi connectivity index (χ4v) is 2.07. The van der Waals surface area contributed by atoms with Crippen LogP contribution in [0.2, 0.25) is 0 Å². The van der Waals surface area contributed by atoms with Gasteiger partial charge in [-0.25, -0.2) is 13.5 Å². The Morgan fingerprint density at radius 1 is 1.36 bits per heavy atom. The lowest BCUT2D eigenvalue weighted by molar-refractivity contribution is 0.102. The third-order valence-electron chi connectivity index (χ3n) is 3.46. The predicted octanol–water partition coefficient (Wildman–Crippen LogP) is 2.67. The van der Waals surface area contributed by atoms with Crippen LogP contribution in [0.25, 0.3) is 0 Å². The van der Waals surface area contributed by atoms with Gasteiger partial charge in [-0.1, -0.05) is 0 Å². The number of anilines is 1. The van der Waals surface area contributed by atoms with Gasteiger partial charge in [0, 0.05) is 12.6 Å². The molecule has 1 aromatic heterocycles. The van der Waals surface area contributed by atoms with Crippen molar-refractivity contribution >= 4 is 11.7 Å². The molecule has 5 nitrogen and oxygen atoms in total. The molecule has 0 spiro atoms. The zero-order valence-electron chi connectivity index (χ0n) is 11.3. The first-order chi connectivity index (χ1) is 10.5. The Kier molecular flexibility index (Phi) is 3.51.